The molecule has 0 saturated carbocycles. The van der Waals surface area contributed by atoms with Gasteiger partial charge in [-0.3, -0.25) is 0 Å². The van der Waals surface area contributed by atoms with Gasteiger partial charge in [0.1, 0.15) is 0 Å². The molecule has 347 valence electrons. The Labute approximate surface area is 436 Å². The summed E-state index contributed by atoms with van der Waals surface area (Å²) in [6.45, 7) is 4.77. The minimum absolute atomic E-state index is 0.429. The molecule has 0 amide bonds. The fraction of sp³-hybridized carbons (Fsp3) is 0.143. The van der Waals surface area contributed by atoms with Gasteiger partial charge in [0, 0.05) is 0 Å². The van der Waals surface area contributed by atoms with E-state index in [1.807, 2.05) is 0 Å². The summed E-state index contributed by atoms with van der Waals surface area (Å²) in [6.07, 6.45) is 12.5. The molecule has 0 radical (unpaired) electrons. The van der Waals surface area contributed by atoms with E-state index in [4.69, 9.17) is 0 Å². The first-order valence-corrected chi connectivity index (χ1v) is 33.9. The van der Waals surface area contributed by atoms with E-state index in [9.17, 15) is 0 Å². The molecule has 2 heteroatoms. The van der Waals surface area contributed by atoms with Crippen molar-refractivity contribution in [2.24, 2.45) is 0 Å². The average molecular weight is 1110 g/mol. The van der Waals surface area contributed by atoms with Gasteiger partial charge in [-0.05, 0) is 0 Å². The van der Waals surface area contributed by atoms with Crippen molar-refractivity contribution in [1.29, 1.82) is 0 Å². The SMILES string of the molecule is CCCCC1=Cc2c(-c3ccccc3-c3cccc4ccccc34)cccc2[CH]1[Hf]([c]1cccc2c1[SiH2]c1ccccc1-2)[CH]1C(CCCC)=Cc2c(-c3ccccc3-c3cccc4ccccc34)cccc21. The van der Waals surface area contributed by atoms with Crippen LogP contribution in [0.4, 0.5) is 0 Å². The Balaban J connectivity index is 1.04. The zero-order valence-electron chi connectivity index (χ0n) is 41.5. The van der Waals surface area contributed by atoms with E-state index in [-0.39, 0.29) is 0 Å². The van der Waals surface area contributed by atoms with Crippen LogP contribution >= 0.6 is 0 Å². The van der Waals surface area contributed by atoms with Crippen LogP contribution < -0.4 is 13.7 Å². The molecule has 0 nitrogen and oxygen atoms in total. The Morgan fingerprint density at radius 2 is 0.750 bits per heavy atom. The van der Waals surface area contributed by atoms with Gasteiger partial charge < -0.3 is 0 Å². The number of benzene rings is 10. The summed E-state index contributed by atoms with van der Waals surface area (Å²) >= 11 is -3.32. The van der Waals surface area contributed by atoms with Crippen molar-refractivity contribution >= 4 is 56.9 Å². The summed E-state index contributed by atoms with van der Waals surface area (Å²) in [4.78, 5) is 0. The van der Waals surface area contributed by atoms with Crippen molar-refractivity contribution in [3.8, 4) is 55.6 Å². The third-order valence-corrected chi connectivity index (χ3v) is 33.0. The van der Waals surface area contributed by atoms with Gasteiger partial charge >= 0.3 is 439 Å². The van der Waals surface area contributed by atoms with E-state index in [1.54, 1.807) is 36.0 Å². The maximum absolute atomic E-state index is 3.32. The van der Waals surface area contributed by atoms with Crippen molar-refractivity contribution in [1.82, 2.24) is 0 Å². The predicted molar refractivity (Wildman–Crippen MR) is 309 cm³/mol. The summed E-state index contributed by atoms with van der Waals surface area (Å²) in [7, 11) is -0.692. The second kappa shape index (κ2) is 19.4. The second-order valence-corrected chi connectivity index (χ2v) is 31.6. The van der Waals surface area contributed by atoms with Crippen molar-refractivity contribution in [2.75, 3.05) is 0 Å². The number of unbranched alkanes of at least 4 members (excludes halogenated alkanes) is 2. The molecule has 13 rings (SSSR count). The minimum atomic E-state index is -3.32. The number of hydrogen-bond donors (Lipinski definition) is 0. The molecule has 0 fully saturated rings. The first-order valence-electron chi connectivity index (χ1n) is 26.6. The van der Waals surface area contributed by atoms with Crippen LogP contribution in [-0.2, 0) is 21.4 Å². The van der Waals surface area contributed by atoms with Gasteiger partial charge in [-0.25, -0.2) is 0 Å². The zero-order valence-corrected chi connectivity index (χ0v) is 46.5. The molecule has 10 aromatic rings. The summed E-state index contributed by atoms with van der Waals surface area (Å²) in [5.74, 6) is 0. The van der Waals surface area contributed by atoms with Crippen molar-refractivity contribution < 1.29 is 21.4 Å². The summed E-state index contributed by atoms with van der Waals surface area (Å²) < 4.78 is 2.65. The summed E-state index contributed by atoms with van der Waals surface area (Å²) in [5.41, 5.74) is 23.2. The van der Waals surface area contributed by atoms with Gasteiger partial charge in [0.2, 0.25) is 0 Å². The third kappa shape index (κ3) is 7.72. The molecule has 0 bridgehead atoms. The number of fused-ring (bicyclic) bond motifs is 7. The Morgan fingerprint density at radius 3 is 1.28 bits per heavy atom. The molecule has 10 aromatic carbocycles. The molecule has 3 aliphatic rings. The van der Waals surface area contributed by atoms with Crippen LogP contribution in [0.2, 0.25) is 0 Å². The normalized spacial score (nSPS) is 15.6. The molecular formula is C70H59HfSi. The first-order chi connectivity index (χ1) is 35.7. The van der Waals surface area contributed by atoms with Gasteiger partial charge in [-0.2, -0.15) is 0 Å². The number of hydrogen-bond acceptors (Lipinski definition) is 0. The molecule has 1 aliphatic heterocycles. The Hall–Kier alpha value is -6.71. The maximum atomic E-state index is 2.73. The first kappa shape index (κ1) is 45.2. The topological polar surface area (TPSA) is 0 Å². The Morgan fingerprint density at radius 1 is 0.361 bits per heavy atom. The number of allylic oxidation sites excluding steroid dienone is 2. The van der Waals surface area contributed by atoms with Gasteiger partial charge in [0.15, 0.2) is 0 Å². The van der Waals surface area contributed by atoms with Crippen LogP contribution in [0.3, 0.4) is 0 Å². The van der Waals surface area contributed by atoms with Crippen molar-refractivity contribution in [2.45, 2.75) is 59.7 Å². The van der Waals surface area contributed by atoms with Crippen LogP contribution in [0.25, 0.3) is 89.3 Å². The van der Waals surface area contributed by atoms with Crippen molar-refractivity contribution in [3.05, 3.63) is 246 Å². The van der Waals surface area contributed by atoms with Gasteiger partial charge in [-0.15, -0.1) is 0 Å². The zero-order chi connectivity index (χ0) is 48.1. The third-order valence-electron chi connectivity index (χ3n) is 16.3. The van der Waals surface area contributed by atoms with Crippen LogP contribution in [0.15, 0.2) is 223 Å². The predicted octanol–water partition coefficient (Wildman–Crippen LogP) is 16.7. The Bertz CT molecular complexity index is 3580. The van der Waals surface area contributed by atoms with Gasteiger partial charge in [-0.1, -0.05) is 0 Å². The second-order valence-electron chi connectivity index (χ2n) is 20.4. The quantitative estimate of drug-likeness (QED) is 0.101. The molecule has 0 spiro atoms. The van der Waals surface area contributed by atoms with E-state index in [0.717, 1.165) is 12.8 Å². The molecule has 2 unspecified atom stereocenters. The van der Waals surface area contributed by atoms with E-state index in [1.165, 1.54) is 114 Å². The number of rotatable bonds is 13. The fourth-order valence-electron chi connectivity index (χ4n) is 13.1. The van der Waals surface area contributed by atoms with E-state index in [0.29, 0.717) is 7.35 Å². The van der Waals surface area contributed by atoms with Crippen LogP contribution in [-0.4, -0.2) is 9.52 Å². The molecule has 2 aliphatic carbocycles. The van der Waals surface area contributed by atoms with Gasteiger partial charge in [0.25, 0.3) is 0 Å². The molecular weight excluding hydrogens is 1050 g/mol. The van der Waals surface area contributed by atoms with E-state index in [2.05, 4.69) is 238 Å². The van der Waals surface area contributed by atoms with Crippen LogP contribution in [0, 0.1) is 0 Å². The summed E-state index contributed by atoms with van der Waals surface area (Å²) in [6, 6.07) is 81.8. The standard InChI is InChI=1S/2C29H25.C12H9Si.Hf/c2*1-2-3-10-21-19-23-13-9-18-28(29(23)20-21)27-16-7-6-15-26(27)25-17-8-12-22-11-4-5-14-24(22)25;1-3-7-11-9(5-1)10-6-2-4-8-12(10)13-11;/h2*4-9,11-20H,2-3,10H2,1H3;1-7H,13H2;. The van der Waals surface area contributed by atoms with Crippen LogP contribution in [0.1, 0.15) is 82.0 Å². The molecule has 1 heterocycles. The molecule has 0 saturated heterocycles. The molecule has 0 N–H and O–H groups in total. The van der Waals surface area contributed by atoms with Gasteiger partial charge in [0.05, 0.1) is 0 Å². The molecule has 72 heavy (non-hydrogen) atoms. The summed E-state index contributed by atoms with van der Waals surface area (Å²) in [5, 5.41) is 8.55. The monoisotopic (exact) mass is 1110 g/mol. The van der Waals surface area contributed by atoms with Crippen LogP contribution in [0.5, 0.6) is 0 Å². The van der Waals surface area contributed by atoms with E-state index < -0.39 is 31.0 Å². The van der Waals surface area contributed by atoms with E-state index >= 15 is 0 Å². The van der Waals surface area contributed by atoms with Crippen molar-refractivity contribution in [3.63, 3.8) is 0 Å². The molecule has 2 atom stereocenters. The average Bonchev–Trinajstić information content (AvgIpc) is 4.13. The molecule has 0 aromatic heterocycles. The fourth-order valence-corrected chi connectivity index (χ4v) is 32.6. The Kier molecular flexibility index (Phi) is 12.2.